The van der Waals surface area contributed by atoms with Gasteiger partial charge in [-0.3, -0.25) is 4.79 Å². The van der Waals surface area contributed by atoms with Crippen molar-refractivity contribution in [1.82, 2.24) is 0 Å². The first-order valence-electron chi connectivity index (χ1n) is 8.40. The Kier molecular flexibility index (Phi) is 3.68. The van der Waals surface area contributed by atoms with Gasteiger partial charge in [-0.1, -0.05) is 42.5 Å². The summed E-state index contributed by atoms with van der Waals surface area (Å²) in [5, 5.41) is 8.83. The number of carbonyl (C=O) groups is 1. The monoisotopic (exact) mass is 320 g/mol. The summed E-state index contributed by atoms with van der Waals surface area (Å²) in [6.07, 6.45) is 2.58. The van der Waals surface area contributed by atoms with Crippen molar-refractivity contribution in [2.75, 3.05) is 13.7 Å². The highest BCUT2D eigenvalue weighted by Crippen LogP contribution is 2.47. The number of nitrogens with zero attached hydrogens (tertiary/aromatic N) is 2. The SMILES string of the molecule is COc1ccccc1[C@@H]1CN=NC12CCCc1ccccc1C2=O. The van der Waals surface area contributed by atoms with E-state index >= 15 is 0 Å². The van der Waals surface area contributed by atoms with Crippen LogP contribution in [-0.4, -0.2) is 25.0 Å². The Bertz CT molecular complexity index is 815. The quantitative estimate of drug-likeness (QED) is 0.832. The van der Waals surface area contributed by atoms with Gasteiger partial charge in [0.05, 0.1) is 13.7 Å². The van der Waals surface area contributed by atoms with E-state index in [-0.39, 0.29) is 11.7 Å². The minimum Gasteiger partial charge on any atom is -0.496 e. The standard InChI is InChI=1S/C20H20N2O2/c1-24-18-11-5-4-10-16(18)17-13-21-22-20(17)12-6-8-14-7-2-3-9-15(14)19(20)23/h2-5,7,9-11,17H,6,8,12-13H2,1H3/t17-,20?/m0/s1. The lowest BCUT2D eigenvalue weighted by molar-refractivity contribution is 0.0869. The van der Waals surface area contributed by atoms with Crippen molar-refractivity contribution in [3.8, 4) is 5.75 Å². The van der Waals surface area contributed by atoms with Gasteiger partial charge >= 0.3 is 0 Å². The molecule has 0 saturated carbocycles. The highest BCUT2D eigenvalue weighted by atomic mass is 16.5. The third-order valence-electron chi connectivity index (χ3n) is 5.26. The number of fused-ring (bicyclic) bond motifs is 1. The van der Waals surface area contributed by atoms with Crippen LogP contribution in [0.3, 0.4) is 0 Å². The van der Waals surface area contributed by atoms with E-state index in [1.807, 2.05) is 42.5 Å². The van der Waals surface area contributed by atoms with E-state index in [9.17, 15) is 4.79 Å². The van der Waals surface area contributed by atoms with Gasteiger partial charge in [-0.25, -0.2) is 0 Å². The molecule has 0 N–H and O–H groups in total. The molecular weight excluding hydrogens is 300 g/mol. The molecule has 0 fully saturated rings. The number of hydrogen-bond acceptors (Lipinski definition) is 4. The van der Waals surface area contributed by atoms with E-state index in [2.05, 4.69) is 16.3 Å². The molecule has 122 valence electrons. The number of para-hydroxylation sites is 1. The molecule has 1 aliphatic carbocycles. The Morgan fingerprint density at radius 2 is 1.92 bits per heavy atom. The fourth-order valence-electron chi connectivity index (χ4n) is 4.06. The second-order valence-electron chi connectivity index (χ2n) is 6.48. The van der Waals surface area contributed by atoms with E-state index in [1.54, 1.807) is 7.11 Å². The Morgan fingerprint density at radius 3 is 2.79 bits per heavy atom. The topological polar surface area (TPSA) is 51.0 Å². The molecule has 1 aliphatic heterocycles. The summed E-state index contributed by atoms with van der Waals surface area (Å²) < 4.78 is 5.53. The van der Waals surface area contributed by atoms with Gasteiger partial charge in [-0.05, 0) is 30.9 Å². The Hall–Kier alpha value is -2.49. The maximum absolute atomic E-state index is 13.4. The lowest BCUT2D eigenvalue weighted by atomic mass is 9.74. The van der Waals surface area contributed by atoms with Gasteiger partial charge in [-0.15, -0.1) is 0 Å². The van der Waals surface area contributed by atoms with E-state index < -0.39 is 5.54 Å². The lowest BCUT2D eigenvalue weighted by Gasteiger charge is -2.30. The predicted octanol–water partition coefficient (Wildman–Crippen LogP) is 4.20. The van der Waals surface area contributed by atoms with Crippen LogP contribution in [0, 0.1) is 0 Å². The van der Waals surface area contributed by atoms with Crippen LogP contribution in [0.2, 0.25) is 0 Å². The summed E-state index contributed by atoms with van der Waals surface area (Å²) in [6.45, 7) is 0.536. The molecule has 0 radical (unpaired) electrons. The summed E-state index contributed by atoms with van der Waals surface area (Å²) >= 11 is 0. The molecule has 1 spiro atoms. The van der Waals surface area contributed by atoms with Gasteiger partial charge < -0.3 is 4.74 Å². The van der Waals surface area contributed by atoms with Gasteiger partial charge in [0.15, 0.2) is 11.3 Å². The zero-order chi connectivity index (χ0) is 16.6. The summed E-state index contributed by atoms with van der Waals surface area (Å²) in [6, 6.07) is 15.8. The fraction of sp³-hybridized carbons (Fsp3) is 0.350. The Balaban J connectivity index is 1.83. The molecule has 0 saturated heterocycles. The highest BCUT2D eigenvalue weighted by Gasteiger charge is 2.51. The highest BCUT2D eigenvalue weighted by molar-refractivity contribution is 6.05. The first kappa shape index (κ1) is 15.1. The summed E-state index contributed by atoms with van der Waals surface area (Å²) in [5.41, 5.74) is 2.16. The maximum Gasteiger partial charge on any atom is 0.193 e. The van der Waals surface area contributed by atoms with Crippen LogP contribution in [0.1, 0.15) is 40.2 Å². The van der Waals surface area contributed by atoms with Crippen LogP contribution in [0.25, 0.3) is 0 Å². The van der Waals surface area contributed by atoms with E-state index in [0.29, 0.717) is 6.54 Å². The molecule has 4 rings (SSSR count). The second-order valence-corrected chi connectivity index (χ2v) is 6.48. The normalized spacial score (nSPS) is 25.5. The zero-order valence-corrected chi connectivity index (χ0v) is 13.7. The Labute approximate surface area is 141 Å². The lowest BCUT2D eigenvalue weighted by Crippen LogP contribution is -2.41. The summed E-state index contributed by atoms with van der Waals surface area (Å²) in [4.78, 5) is 13.4. The molecule has 24 heavy (non-hydrogen) atoms. The Morgan fingerprint density at radius 1 is 1.12 bits per heavy atom. The number of benzene rings is 2. The smallest absolute Gasteiger partial charge is 0.193 e. The number of aryl methyl sites for hydroxylation is 1. The number of hydrogen-bond donors (Lipinski definition) is 0. The largest absolute Gasteiger partial charge is 0.496 e. The average molecular weight is 320 g/mol. The van der Waals surface area contributed by atoms with Crippen molar-refractivity contribution in [3.63, 3.8) is 0 Å². The van der Waals surface area contributed by atoms with Crippen molar-refractivity contribution >= 4 is 5.78 Å². The van der Waals surface area contributed by atoms with Gasteiger partial charge in [0.25, 0.3) is 0 Å². The first-order valence-corrected chi connectivity index (χ1v) is 8.40. The number of rotatable bonds is 2. The van der Waals surface area contributed by atoms with E-state index in [0.717, 1.165) is 41.7 Å². The molecule has 0 aromatic heterocycles. The molecule has 1 heterocycles. The summed E-state index contributed by atoms with van der Waals surface area (Å²) in [7, 11) is 1.67. The molecule has 2 aromatic rings. The number of azo groups is 1. The van der Waals surface area contributed by atoms with E-state index in [1.165, 1.54) is 0 Å². The van der Waals surface area contributed by atoms with Gasteiger partial charge in [-0.2, -0.15) is 10.2 Å². The van der Waals surface area contributed by atoms with Crippen LogP contribution in [0.4, 0.5) is 0 Å². The fourth-order valence-corrected chi connectivity index (χ4v) is 4.06. The van der Waals surface area contributed by atoms with Crippen molar-refractivity contribution in [2.24, 2.45) is 10.2 Å². The van der Waals surface area contributed by atoms with Gasteiger partial charge in [0.2, 0.25) is 0 Å². The van der Waals surface area contributed by atoms with Crippen LogP contribution >= 0.6 is 0 Å². The van der Waals surface area contributed by atoms with Gasteiger partial charge in [0.1, 0.15) is 5.75 Å². The van der Waals surface area contributed by atoms with Crippen molar-refractivity contribution in [2.45, 2.75) is 30.7 Å². The molecule has 0 bridgehead atoms. The van der Waals surface area contributed by atoms with E-state index in [4.69, 9.17) is 4.74 Å². The molecular formula is C20H20N2O2. The first-order chi connectivity index (χ1) is 11.8. The van der Waals surface area contributed by atoms with Gasteiger partial charge in [0, 0.05) is 17.0 Å². The number of carbonyl (C=O) groups excluding carboxylic acids is 1. The third-order valence-corrected chi connectivity index (χ3v) is 5.26. The zero-order valence-electron chi connectivity index (χ0n) is 13.7. The molecule has 1 unspecified atom stereocenters. The van der Waals surface area contributed by atoms with Crippen LogP contribution < -0.4 is 4.74 Å². The van der Waals surface area contributed by atoms with Crippen molar-refractivity contribution in [1.29, 1.82) is 0 Å². The number of ether oxygens (including phenoxy) is 1. The van der Waals surface area contributed by atoms with Crippen LogP contribution in [0.5, 0.6) is 5.75 Å². The van der Waals surface area contributed by atoms with Crippen LogP contribution in [0.15, 0.2) is 58.8 Å². The van der Waals surface area contributed by atoms with Crippen molar-refractivity contribution < 1.29 is 9.53 Å². The number of ketones is 1. The molecule has 4 nitrogen and oxygen atoms in total. The predicted molar refractivity (Wildman–Crippen MR) is 91.9 cm³/mol. The van der Waals surface area contributed by atoms with Crippen molar-refractivity contribution in [3.05, 3.63) is 65.2 Å². The van der Waals surface area contributed by atoms with Crippen LogP contribution in [-0.2, 0) is 6.42 Å². The number of Topliss-reactive ketones (excluding diaryl/α,β-unsaturated/α-hetero) is 1. The molecule has 2 aromatic carbocycles. The minimum absolute atomic E-state index is 0.0627. The minimum atomic E-state index is -0.790. The third kappa shape index (κ3) is 2.17. The second kappa shape index (κ2) is 5.86. The maximum atomic E-state index is 13.4. The summed E-state index contributed by atoms with van der Waals surface area (Å²) in [5.74, 6) is 0.847. The average Bonchev–Trinajstić information content (AvgIpc) is 3.00. The molecule has 4 heteroatoms. The molecule has 2 aliphatic rings. The molecule has 0 amide bonds. The molecule has 2 atom stereocenters. The number of methoxy groups -OCH3 is 1.